The van der Waals surface area contributed by atoms with Crippen LogP contribution in [0.1, 0.15) is 6.42 Å². The average molecular weight is 219 g/mol. The van der Waals surface area contributed by atoms with Crippen molar-refractivity contribution in [2.24, 2.45) is 5.92 Å². The summed E-state index contributed by atoms with van der Waals surface area (Å²) in [5.41, 5.74) is 0. The smallest absolute Gasteiger partial charge is 0.311 e. The number of rotatable bonds is 3. The van der Waals surface area contributed by atoms with Crippen molar-refractivity contribution in [3.8, 4) is 0 Å². The lowest BCUT2D eigenvalue weighted by Gasteiger charge is -2.14. The zero-order chi connectivity index (χ0) is 9.71. The van der Waals surface area contributed by atoms with Crippen LogP contribution in [0.2, 0.25) is 0 Å². The Morgan fingerprint density at radius 3 is 2.86 bits per heavy atom. The summed E-state index contributed by atoms with van der Waals surface area (Å²) < 4.78 is 15.9. The van der Waals surface area contributed by atoms with Gasteiger partial charge >= 0.3 is 5.97 Å². The van der Waals surface area contributed by atoms with Gasteiger partial charge in [0.2, 0.25) is 0 Å². The molecule has 4 nitrogen and oxygen atoms in total. The minimum atomic E-state index is -0.188. The lowest BCUT2D eigenvalue weighted by molar-refractivity contribution is -0.150. The van der Waals surface area contributed by atoms with E-state index >= 15 is 0 Å². The van der Waals surface area contributed by atoms with Gasteiger partial charge in [0.1, 0.15) is 24.9 Å². The molecular formula is C9H11ClO4. The minimum Gasteiger partial charge on any atom is -0.464 e. The third kappa shape index (κ3) is 1.17. The van der Waals surface area contributed by atoms with Crippen molar-refractivity contribution < 1.29 is 19.0 Å². The summed E-state index contributed by atoms with van der Waals surface area (Å²) >= 11 is 5.44. The van der Waals surface area contributed by atoms with Gasteiger partial charge in [-0.15, -0.1) is 11.6 Å². The number of hydrogen-bond donors (Lipinski definition) is 0. The Hall–Kier alpha value is -0.320. The summed E-state index contributed by atoms with van der Waals surface area (Å²) in [5.74, 6) is 0.0229. The number of fused-ring (bicyclic) bond motifs is 5. The summed E-state index contributed by atoms with van der Waals surface area (Å²) in [6.45, 7) is 0.281. The normalized spacial score (nSPS) is 47.6. The summed E-state index contributed by atoms with van der Waals surface area (Å²) in [7, 11) is 0. The first kappa shape index (κ1) is 8.95. The van der Waals surface area contributed by atoms with E-state index in [4.69, 9.17) is 25.8 Å². The lowest BCUT2D eigenvalue weighted by atomic mass is 9.89. The maximum atomic E-state index is 11.5. The number of halogens is 1. The Bertz CT molecular complexity index is 270. The second kappa shape index (κ2) is 3.08. The van der Waals surface area contributed by atoms with E-state index in [0.717, 1.165) is 6.42 Å². The highest BCUT2D eigenvalue weighted by Gasteiger charge is 2.66. The number of ether oxygens (including phenoxy) is 3. The zero-order valence-electron chi connectivity index (χ0n) is 7.52. The molecule has 0 aliphatic carbocycles. The van der Waals surface area contributed by atoms with Gasteiger partial charge in [0.15, 0.2) is 0 Å². The number of carbonyl (C=O) groups is 1. The highest BCUT2D eigenvalue weighted by Crippen LogP contribution is 2.51. The van der Waals surface area contributed by atoms with E-state index in [1.165, 1.54) is 0 Å². The van der Waals surface area contributed by atoms with Gasteiger partial charge < -0.3 is 14.2 Å². The molecule has 3 rings (SSSR count). The molecule has 0 saturated carbocycles. The lowest BCUT2D eigenvalue weighted by Crippen LogP contribution is -2.32. The van der Waals surface area contributed by atoms with E-state index in [0.29, 0.717) is 5.88 Å². The van der Waals surface area contributed by atoms with E-state index in [-0.39, 0.29) is 42.9 Å². The van der Waals surface area contributed by atoms with E-state index in [1.807, 2.05) is 0 Å². The zero-order valence-corrected chi connectivity index (χ0v) is 8.27. The highest BCUT2D eigenvalue weighted by molar-refractivity contribution is 6.18. The monoisotopic (exact) mass is 218 g/mol. The number of epoxide rings is 1. The second-order valence-electron chi connectivity index (χ2n) is 3.90. The van der Waals surface area contributed by atoms with E-state index in [2.05, 4.69) is 0 Å². The first-order chi connectivity index (χ1) is 6.81. The van der Waals surface area contributed by atoms with Crippen molar-refractivity contribution in [1.29, 1.82) is 0 Å². The molecular weight excluding hydrogens is 208 g/mol. The van der Waals surface area contributed by atoms with Crippen molar-refractivity contribution in [1.82, 2.24) is 0 Å². The van der Waals surface area contributed by atoms with Gasteiger partial charge in [0, 0.05) is 0 Å². The molecule has 0 aromatic rings. The van der Waals surface area contributed by atoms with Crippen molar-refractivity contribution in [2.75, 3.05) is 12.5 Å². The van der Waals surface area contributed by atoms with Gasteiger partial charge in [-0.2, -0.15) is 0 Å². The first-order valence-electron chi connectivity index (χ1n) is 4.85. The Morgan fingerprint density at radius 2 is 2.21 bits per heavy atom. The van der Waals surface area contributed by atoms with Gasteiger partial charge in [-0.25, -0.2) is 0 Å². The maximum absolute atomic E-state index is 11.5. The highest BCUT2D eigenvalue weighted by atomic mass is 35.5. The van der Waals surface area contributed by atoms with Crippen LogP contribution in [0, 0.1) is 5.92 Å². The molecule has 0 aromatic carbocycles. The molecule has 0 radical (unpaired) electrons. The summed E-state index contributed by atoms with van der Waals surface area (Å²) in [5, 5.41) is 0. The molecule has 78 valence electrons. The van der Waals surface area contributed by atoms with Crippen LogP contribution in [-0.4, -0.2) is 42.9 Å². The number of hydrogen-bond acceptors (Lipinski definition) is 4. The van der Waals surface area contributed by atoms with Crippen LogP contribution in [0.25, 0.3) is 0 Å². The molecule has 0 N–H and O–H groups in total. The standard InChI is InChI=1S/C9H11ClO4/c10-1-2-12-9(11)4-3-5-7-8(14-7)6(4)13-5/h4-8H,1-3H2/t4-,5-,6+,7+,8-/m0/s1. The van der Waals surface area contributed by atoms with Crippen molar-refractivity contribution in [3.63, 3.8) is 0 Å². The van der Waals surface area contributed by atoms with Gasteiger partial charge in [-0.05, 0) is 6.42 Å². The molecule has 5 atom stereocenters. The fourth-order valence-corrected chi connectivity index (χ4v) is 2.51. The largest absolute Gasteiger partial charge is 0.464 e. The second-order valence-corrected chi connectivity index (χ2v) is 4.28. The predicted molar refractivity (Wildman–Crippen MR) is 47.1 cm³/mol. The number of alkyl halides is 1. The van der Waals surface area contributed by atoms with E-state index in [1.54, 1.807) is 0 Å². The van der Waals surface area contributed by atoms with E-state index < -0.39 is 0 Å². The Labute approximate surface area is 86.4 Å². The van der Waals surface area contributed by atoms with Crippen LogP contribution in [0.5, 0.6) is 0 Å². The topological polar surface area (TPSA) is 48.1 Å². The van der Waals surface area contributed by atoms with Gasteiger partial charge in [0.05, 0.1) is 17.9 Å². The van der Waals surface area contributed by atoms with Crippen LogP contribution in [-0.2, 0) is 19.0 Å². The molecule has 3 fully saturated rings. The molecule has 3 saturated heterocycles. The Morgan fingerprint density at radius 1 is 1.36 bits per heavy atom. The van der Waals surface area contributed by atoms with Crippen LogP contribution in [0.4, 0.5) is 0 Å². The molecule has 2 bridgehead atoms. The van der Waals surface area contributed by atoms with Crippen molar-refractivity contribution >= 4 is 17.6 Å². The maximum Gasteiger partial charge on any atom is 0.311 e. The fourth-order valence-electron chi connectivity index (χ4n) is 2.43. The molecule has 3 aliphatic heterocycles. The van der Waals surface area contributed by atoms with Crippen molar-refractivity contribution in [2.45, 2.75) is 30.8 Å². The molecule has 3 heterocycles. The Balaban J connectivity index is 1.61. The van der Waals surface area contributed by atoms with Gasteiger partial charge in [-0.3, -0.25) is 4.79 Å². The fraction of sp³-hybridized carbons (Fsp3) is 0.889. The third-order valence-electron chi connectivity index (χ3n) is 3.09. The number of carbonyl (C=O) groups excluding carboxylic acids is 1. The molecule has 14 heavy (non-hydrogen) atoms. The summed E-state index contributed by atoms with van der Waals surface area (Å²) in [6.07, 6.45) is 1.22. The molecule has 0 unspecified atom stereocenters. The molecule has 3 aliphatic rings. The number of esters is 1. The minimum absolute atomic E-state index is 0.0622. The molecule has 5 heteroatoms. The van der Waals surface area contributed by atoms with Gasteiger partial charge in [0.25, 0.3) is 0 Å². The third-order valence-corrected chi connectivity index (χ3v) is 3.24. The summed E-state index contributed by atoms with van der Waals surface area (Å²) in [4.78, 5) is 11.5. The Kier molecular flexibility index (Phi) is 1.97. The quantitative estimate of drug-likeness (QED) is 0.389. The van der Waals surface area contributed by atoms with Crippen LogP contribution >= 0.6 is 11.6 Å². The predicted octanol–water partition coefficient (Wildman–Crippen LogP) is 0.323. The van der Waals surface area contributed by atoms with Gasteiger partial charge in [-0.1, -0.05) is 0 Å². The van der Waals surface area contributed by atoms with Crippen LogP contribution in [0.3, 0.4) is 0 Å². The molecule has 0 spiro atoms. The molecule has 0 aromatic heterocycles. The first-order valence-corrected chi connectivity index (χ1v) is 5.38. The van der Waals surface area contributed by atoms with Crippen LogP contribution in [0.15, 0.2) is 0 Å². The van der Waals surface area contributed by atoms with Crippen molar-refractivity contribution in [3.05, 3.63) is 0 Å². The SMILES string of the molecule is O=C(OCCCl)[C@H]1C[C@@H]2O[C@H]1[C@@H]1O[C@@H]12. The van der Waals surface area contributed by atoms with Crippen LogP contribution < -0.4 is 0 Å². The summed E-state index contributed by atoms with van der Waals surface area (Å²) in [6, 6.07) is 0. The molecule has 0 amide bonds. The average Bonchev–Trinajstić information content (AvgIpc) is 2.81. The van der Waals surface area contributed by atoms with E-state index in [9.17, 15) is 4.79 Å².